The van der Waals surface area contributed by atoms with E-state index in [1.165, 1.54) is 6.42 Å². The molecule has 1 aliphatic rings. The second-order valence-corrected chi connectivity index (χ2v) is 6.79. The van der Waals surface area contributed by atoms with E-state index in [1.807, 2.05) is 30.3 Å². The summed E-state index contributed by atoms with van der Waals surface area (Å²) in [6.07, 6.45) is 6.10. The van der Waals surface area contributed by atoms with Crippen LogP contribution in [-0.4, -0.2) is 20.0 Å². The van der Waals surface area contributed by atoms with E-state index in [1.54, 1.807) is 24.3 Å². The lowest BCUT2D eigenvalue weighted by molar-refractivity contribution is 0.292. The van der Waals surface area contributed by atoms with Crippen LogP contribution in [0.1, 0.15) is 30.9 Å². The first-order valence-corrected chi connectivity index (χ1v) is 8.98. The largest absolute Gasteiger partial charge is 0.508 e. The molecular weight excluding hydrogens is 324 g/mol. The molecule has 0 radical (unpaired) electrons. The first-order valence-electron chi connectivity index (χ1n) is 8.98. The molecule has 1 aromatic heterocycles. The van der Waals surface area contributed by atoms with Gasteiger partial charge < -0.3 is 10.2 Å². The maximum Gasteiger partial charge on any atom is 0.115 e. The van der Waals surface area contributed by atoms with Gasteiger partial charge in [0.2, 0.25) is 0 Å². The molecule has 4 rings (SSSR count). The highest BCUT2D eigenvalue weighted by Crippen LogP contribution is 2.40. The number of phenols is 2. The number of aromatic nitrogens is 2. The van der Waals surface area contributed by atoms with Crippen LogP contribution in [0.3, 0.4) is 0 Å². The molecule has 0 unspecified atom stereocenters. The smallest absolute Gasteiger partial charge is 0.115 e. The van der Waals surface area contributed by atoms with E-state index in [2.05, 4.69) is 11.3 Å². The van der Waals surface area contributed by atoms with Crippen LogP contribution < -0.4 is 0 Å². The number of phenolic OH excluding ortho intramolecular Hbond substituents is 2. The number of benzene rings is 2. The van der Waals surface area contributed by atoms with Gasteiger partial charge in [-0.25, -0.2) is 0 Å². The number of hydrogen-bond acceptors (Lipinski definition) is 3. The molecule has 1 heterocycles. The standard InChI is InChI=1S/C22H22N2O2/c1-2-4-20-21(15-7-11-18(25)12-8-15)23-24(17-5-3-6-17)22(20)16-9-13-19(26)14-10-16/h2,7-14,17,25-26H,1,3-6H2. The minimum Gasteiger partial charge on any atom is -0.508 e. The van der Waals surface area contributed by atoms with Gasteiger partial charge in [-0.2, -0.15) is 5.10 Å². The van der Waals surface area contributed by atoms with Gasteiger partial charge in [-0.1, -0.05) is 6.08 Å². The van der Waals surface area contributed by atoms with E-state index < -0.39 is 0 Å². The third kappa shape index (κ3) is 2.88. The molecule has 0 saturated heterocycles. The van der Waals surface area contributed by atoms with Gasteiger partial charge in [0.25, 0.3) is 0 Å². The van der Waals surface area contributed by atoms with Crippen molar-refractivity contribution in [1.82, 2.24) is 9.78 Å². The minimum absolute atomic E-state index is 0.246. The van der Waals surface area contributed by atoms with E-state index in [0.717, 1.165) is 40.9 Å². The fourth-order valence-electron chi connectivity index (χ4n) is 3.48. The van der Waals surface area contributed by atoms with Crippen molar-refractivity contribution < 1.29 is 10.2 Å². The normalized spacial score (nSPS) is 14.2. The molecule has 1 fully saturated rings. The van der Waals surface area contributed by atoms with Crippen LogP contribution in [0.2, 0.25) is 0 Å². The Bertz CT molecular complexity index is 920. The van der Waals surface area contributed by atoms with Gasteiger partial charge in [0, 0.05) is 16.7 Å². The van der Waals surface area contributed by atoms with Gasteiger partial charge in [0.1, 0.15) is 11.5 Å². The van der Waals surface area contributed by atoms with Crippen molar-refractivity contribution in [3.05, 3.63) is 66.7 Å². The number of allylic oxidation sites excluding steroid dienone is 1. The average molecular weight is 346 g/mol. The zero-order valence-corrected chi connectivity index (χ0v) is 14.6. The minimum atomic E-state index is 0.246. The van der Waals surface area contributed by atoms with Crippen LogP contribution in [0.25, 0.3) is 22.5 Å². The van der Waals surface area contributed by atoms with Gasteiger partial charge in [0.05, 0.1) is 17.4 Å². The molecule has 0 bridgehead atoms. The van der Waals surface area contributed by atoms with Crippen molar-refractivity contribution in [3.8, 4) is 34.0 Å². The molecule has 0 amide bonds. The predicted molar refractivity (Wildman–Crippen MR) is 103 cm³/mol. The summed E-state index contributed by atoms with van der Waals surface area (Å²) < 4.78 is 2.15. The van der Waals surface area contributed by atoms with Gasteiger partial charge in [-0.3, -0.25) is 4.68 Å². The number of hydrogen-bond donors (Lipinski definition) is 2. The molecule has 26 heavy (non-hydrogen) atoms. The van der Waals surface area contributed by atoms with E-state index in [4.69, 9.17) is 5.10 Å². The molecule has 2 aromatic carbocycles. The Balaban J connectivity index is 1.93. The SMILES string of the molecule is C=CCc1c(-c2ccc(O)cc2)nn(C2CCC2)c1-c1ccc(O)cc1. The molecule has 3 aromatic rings. The summed E-state index contributed by atoms with van der Waals surface area (Å²) in [5.74, 6) is 0.503. The predicted octanol–water partition coefficient (Wildman–Crippen LogP) is 5.08. The highest BCUT2D eigenvalue weighted by atomic mass is 16.3. The highest BCUT2D eigenvalue weighted by Gasteiger charge is 2.27. The Morgan fingerprint density at radius 1 is 0.962 bits per heavy atom. The number of nitrogens with zero attached hydrogens (tertiary/aromatic N) is 2. The van der Waals surface area contributed by atoms with Crippen molar-refractivity contribution in [2.75, 3.05) is 0 Å². The van der Waals surface area contributed by atoms with Crippen molar-refractivity contribution in [3.63, 3.8) is 0 Å². The van der Waals surface area contributed by atoms with Crippen molar-refractivity contribution >= 4 is 0 Å². The Hall–Kier alpha value is -3.01. The lowest BCUT2D eigenvalue weighted by atomic mass is 9.92. The summed E-state index contributed by atoms with van der Waals surface area (Å²) in [5.41, 5.74) is 5.18. The molecule has 0 atom stereocenters. The average Bonchev–Trinajstić information content (AvgIpc) is 2.94. The fraction of sp³-hybridized carbons (Fsp3) is 0.227. The third-order valence-electron chi connectivity index (χ3n) is 5.06. The second-order valence-electron chi connectivity index (χ2n) is 6.79. The molecule has 0 aliphatic heterocycles. The molecule has 1 aliphatic carbocycles. The van der Waals surface area contributed by atoms with Crippen LogP contribution in [0.15, 0.2) is 61.2 Å². The van der Waals surface area contributed by atoms with Crippen LogP contribution in [-0.2, 0) is 6.42 Å². The quantitative estimate of drug-likeness (QED) is 0.633. The number of rotatable bonds is 5. The van der Waals surface area contributed by atoms with Gasteiger partial charge in [-0.05, 0) is 74.2 Å². The highest BCUT2D eigenvalue weighted by molar-refractivity contribution is 5.75. The van der Waals surface area contributed by atoms with E-state index >= 15 is 0 Å². The van der Waals surface area contributed by atoms with Gasteiger partial charge in [0.15, 0.2) is 0 Å². The van der Waals surface area contributed by atoms with Crippen LogP contribution in [0.5, 0.6) is 11.5 Å². The monoisotopic (exact) mass is 346 g/mol. The molecule has 2 N–H and O–H groups in total. The molecule has 4 heteroatoms. The second kappa shape index (κ2) is 6.71. The number of aromatic hydroxyl groups is 2. The lowest BCUT2D eigenvalue weighted by Gasteiger charge is -2.28. The van der Waals surface area contributed by atoms with Crippen molar-refractivity contribution in [2.45, 2.75) is 31.7 Å². The third-order valence-corrected chi connectivity index (χ3v) is 5.06. The summed E-state index contributed by atoms with van der Waals surface area (Å²) in [5, 5.41) is 24.2. The Labute approximate surface area is 153 Å². The molecule has 0 spiro atoms. The van der Waals surface area contributed by atoms with Crippen molar-refractivity contribution in [1.29, 1.82) is 0 Å². The van der Waals surface area contributed by atoms with Crippen molar-refractivity contribution in [2.24, 2.45) is 0 Å². The lowest BCUT2D eigenvalue weighted by Crippen LogP contribution is -2.19. The molecular formula is C22H22N2O2. The Morgan fingerprint density at radius 3 is 2.04 bits per heavy atom. The molecule has 4 nitrogen and oxygen atoms in total. The van der Waals surface area contributed by atoms with Crippen LogP contribution in [0, 0.1) is 0 Å². The molecule has 132 valence electrons. The summed E-state index contributed by atoms with van der Waals surface area (Å²) in [7, 11) is 0. The van der Waals surface area contributed by atoms with Crippen LogP contribution >= 0.6 is 0 Å². The first kappa shape index (κ1) is 16.5. The zero-order valence-electron chi connectivity index (χ0n) is 14.6. The summed E-state index contributed by atoms with van der Waals surface area (Å²) >= 11 is 0. The van der Waals surface area contributed by atoms with E-state index in [0.29, 0.717) is 12.5 Å². The summed E-state index contributed by atoms with van der Waals surface area (Å²) in [6.45, 7) is 3.92. The Morgan fingerprint density at radius 2 is 1.54 bits per heavy atom. The van der Waals surface area contributed by atoms with E-state index in [9.17, 15) is 10.2 Å². The zero-order chi connectivity index (χ0) is 18.1. The molecule has 1 saturated carbocycles. The first-order chi connectivity index (χ1) is 12.7. The summed E-state index contributed by atoms with van der Waals surface area (Å²) in [6, 6.07) is 14.9. The maximum atomic E-state index is 9.66. The topological polar surface area (TPSA) is 58.3 Å². The van der Waals surface area contributed by atoms with E-state index in [-0.39, 0.29) is 11.5 Å². The summed E-state index contributed by atoms with van der Waals surface area (Å²) in [4.78, 5) is 0. The van der Waals surface area contributed by atoms with Crippen LogP contribution in [0.4, 0.5) is 0 Å². The fourth-order valence-corrected chi connectivity index (χ4v) is 3.48. The van der Waals surface area contributed by atoms with Gasteiger partial charge in [-0.15, -0.1) is 6.58 Å². The van der Waals surface area contributed by atoms with Gasteiger partial charge >= 0.3 is 0 Å². The Kier molecular flexibility index (Phi) is 4.25. The maximum absolute atomic E-state index is 9.66.